The lowest BCUT2D eigenvalue weighted by Gasteiger charge is -2.20. The molecule has 1 saturated heterocycles. The molecule has 2 aromatic rings. The minimum absolute atomic E-state index is 0.0295. The molecule has 1 saturated carbocycles. The molecule has 0 radical (unpaired) electrons. The van der Waals surface area contributed by atoms with Crippen molar-refractivity contribution >= 4 is 5.91 Å². The van der Waals surface area contributed by atoms with E-state index in [1.165, 1.54) is 0 Å². The van der Waals surface area contributed by atoms with E-state index in [0.717, 1.165) is 24.0 Å². The van der Waals surface area contributed by atoms with Crippen LogP contribution in [0.15, 0.2) is 49.1 Å². The number of rotatable bonds is 4. The molecule has 5 heteroatoms. The van der Waals surface area contributed by atoms with Gasteiger partial charge in [-0.25, -0.2) is 0 Å². The molecule has 4 rings (SSSR count). The van der Waals surface area contributed by atoms with Gasteiger partial charge in [-0.2, -0.15) is 0 Å². The third-order valence-electron chi connectivity index (χ3n) is 4.67. The summed E-state index contributed by atoms with van der Waals surface area (Å²) in [5.41, 5.74) is 2.18. The van der Waals surface area contributed by atoms with Crippen molar-refractivity contribution in [2.45, 2.75) is 30.9 Å². The lowest BCUT2D eigenvalue weighted by atomic mass is 10.0. The normalized spacial score (nSPS) is 29.2. The highest BCUT2D eigenvalue weighted by molar-refractivity contribution is 5.83. The first-order valence-electron chi connectivity index (χ1n) is 8.05. The Morgan fingerprint density at radius 1 is 1.13 bits per heavy atom. The Morgan fingerprint density at radius 3 is 2.57 bits per heavy atom. The molecule has 4 atom stereocenters. The van der Waals surface area contributed by atoms with E-state index in [-0.39, 0.29) is 24.0 Å². The van der Waals surface area contributed by atoms with Crippen molar-refractivity contribution in [1.82, 2.24) is 15.3 Å². The fourth-order valence-corrected chi connectivity index (χ4v) is 3.35. The molecule has 0 bridgehead atoms. The van der Waals surface area contributed by atoms with Crippen LogP contribution in [-0.2, 0) is 9.53 Å². The van der Waals surface area contributed by atoms with Crippen molar-refractivity contribution in [1.29, 1.82) is 0 Å². The topological polar surface area (TPSA) is 64.1 Å². The lowest BCUT2D eigenvalue weighted by molar-refractivity contribution is -0.123. The second kappa shape index (κ2) is 6.08. The molecule has 3 heterocycles. The van der Waals surface area contributed by atoms with Crippen LogP contribution in [0.4, 0.5) is 0 Å². The minimum atomic E-state index is -0.0942. The molecule has 1 N–H and O–H groups in total. The predicted octanol–water partition coefficient (Wildman–Crippen LogP) is 2.23. The second-order valence-electron chi connectivity index (χ2n) is 6.22. The highest BCUT2D eigenvalue weighted by atomic mass is 16.5. The zero-order valence-electron chi connectivity index (χ0n) is 12.8. The number of aromatic nitrogens is 2. The Balaban J connectivity index is 1.39. The van der Waals surface area contributed by atoms with Crippen molar-refractivity contribution in [2.24, 2.45) is 5.92 Å². The van der Waals surface area contributed by atoms with E-state index in [0.29, 0.717) is 12.5 Å². The zero-order valence-corrected chi connectivity index (χ0v) is 12.8. The molecule has 2 fully saturated rings. The van der Waals surface area contributed by atoms with Gasteiger partial charge in [-0.15, -0.1) is 0 Å². The number of hydrogen-bond acceptors (Lipinski definition) is 4. The number of carbonyl (C=O) groups is 1. The van der Waals surface area contributed by atoms with Gasteiger partial charge in [0, 0.05) is 42.9 Å². The van der Waals surface area contributed by atoms with Gasteiger partial charge in [0.1, 0.15) is 6.10 Å². The maximum absolute atomic E-state index is 12.5. The van der Waals surface area contributed by atoms with E-state index >= 15 is 0 Å². The summed E-state index contributed by atoms with van der Waals surface area (Å²) in [6, 6.07) is 7.89. The van der Waals surface area contributed by atoms with E-state index in [9.17, 15) is 4.79 Å². The van der Waals surface area contributed by atoms with Crippen LogP contribution < -0.4 is 5.32 Å². The Labute approximate surface area is 135 Å². The van der Waals surface area contributed by atoms with Crippen molar-refractivity contribution in [3.05, 3.63) is 60.2 Å². The molecule has 2 aliphatic rings. The summed E-state index contributed by atoms with van der Waals surface area (Å²) in [5, 5.41) is 3.18. The Bertz CT molecular complexity index is 677. The molecule has 2 aromatic heterocycles. The molecule has 0 spiro atoms. The molecular formula is C18H19N3O2. The highest BCUT2D eigenvalue weighted by Gasteiger charge is 2.45. The van der Waals surface area contributed by atoms with Crippen LogP contribution in [0.2, 0.25) is 0 Å². The van der Waals surface area contributed by atoms with Gasteiger partial charge in [0.15, 0.2) is 0 Å². The molecule has 1 amide bonds. The van der Waals surface area contributed by atoms with Gasteiger partial charge in [0.2, 0.25) is 5.91 Å². The maximum Gasteiger partial charge on any atom is 0.224 e. The van der Waals surface area contributed by atoms with Crippen LogP contribution in [0.5, 0.6) is 0 Å². The van der Waals surface area contributed by atoms with Crippen LogP contribution in [-0.4, -0.2) is 28.5 Å². The number of pyridine rings is 2. The van der Waals surface area contributed by atoms with E-state index in [1.807, 2.05) is 36.7 Å². The van der Waals surface area contributed by atoms with Gasteiger partial charge in [0.05, 0.1) is 6.04 Å². The average molecular weight is 309 g/mol. The summed E-state index contributed by atoms with van der Waals surface area (Å²) in [7, 11) is 0. The van der Waals surface area contributed by atoms with Gasteiger partial charge in [0.25, 0.3) is 0 Å². The quantitative estimate of drug-likeness (QED) is 0.940. The number of nitrogens with zero attached hydrogens (tertiary/aromatic N) is 2. The lowest BCUT2D eigenvalue weighted by Crippen LogP contribution is -2.38. The van der Waals surface area contributed by atoms with Crippen LogP contribution in [0, 0.1) is 5.92 Å². The van der Waals surface area contributed by atoms with Crippen molar-refractivity contribution in [3.8, 4) is 0 Å². The first-order valence-corrected chi connectivity index (χ1v) is 8.05. The molecule has 1 aliphatic carbocycles. The summed E-state index contributed by atoms with van der Waals surface area (Å²) in [5.74, 6) is 0.500. The Kier molecular flexibility index (Phi) is 3.79. The summed E-state index contributed by atoms with van der Waals surface area (Å²) in [6.45, 7) is 0.668. The van der Waals surface area contributed by atoms with Crippen molar-refractivity contribution < 1.29 is 9.53 Å². The SMILES string of the molecule is O=C(N[C@H]1CCO[C@@H]1c1cccnc1)C1CC1c1cccnc1. The van der Waals surface area contributed by atoms with Gasteiger partial charge in [-0.05, 0) is 36.5 Å². The fourth-order valence-electron chi connectivity index (χ4n) is 3.35. The number of nitrogens with one attached hydrogen (secondary N) is 1. The van der Waals surface area contributed by atoms with Crippen molar-refractivity contribution in [3.63, 3.8) is 0 Å². The maximum atomic E-state index is 12.5. The summed E-state index contributed by atoms with van der Waals surface area (Å²) in [6.07, 6.45) is 8.82. The average Bonchev–Trinajstić information content (AvgIpc) is 3.29. The molecule has 23 heavy (non-hydrogen) atoms. The van der Waals surface area contributed by atoms with Gasteiger partial charge in [-0.3, -0.25) is 14.8 Å². The van der Waals surface area contributed by atoms with Crippen molar-refractivity contribution in [2.75, 3.05) is 6.61 Å². The monoisotopic (exact) mass is 309 g/mol. The van der Waals surface area contributed by atoms with Crippen LogP contribution in [0.3, 0.4) is 0 Å². The Morgan fingerprint density at radius 2 is 1.87 bits per heavy atom. The smallest absolute Gasteiger partial charge is 0.224 e. The van der Waals surface area contributed by atoms with Gasteiger partial charge in [-0.1, -0.05) is 12.1 Å². The van der Waals surface area contributed by atoms with E-state index < -0.39 is 0 Å². The predicted molar refractivity (Wildman–Crippen MR) is 84.6 cm³/mol. The molecular weight excluding hydrogens is 290 g/mol. The van der Waals surface area contributed by atoms with Gasteiger partial charge < -0.3 is 10.1 Å². The first kappa shape index (κ1) is 14.3. The molecule has 0 aromatic carbocycles. The Hall–Kier alpha value is -2.27. The third kappa shape index (κ3) is 2.97. The minimum Gasteiger partial charge on any atom is -0.371 e. The van der Waals surface area contributed by atoms with Crippen LogP contribution in [0.1, 0.15) is 36.0 Å². The number of amides is 1. The molecule has 5 nitrogen and oxygen atoms in total. The third-order valence-corrected chi connectivity index (χ3v) is 4.67. The number of hydrogen-bond donors (Lipinski definition) is 1. The zero-order chi connectivity index (χ0) is 15.6. The van der Waals surface area contributed by atoms with Crippen LogP contribution in [0.25, 0.3) is 0 Å². The van der Waals surface area contributed by atoms with E-state index in [4.69, 9.17) is 4.74 Å². The van der Waals surface area contributed by atoms with E-state index in [1.54, 1.807) is 12.4 Å². The molecule has 1 aliphatic heterocycles. The second-order valence-corrected chi connectivity index (χ2v) is 6.22. The van der Waals surface area contributed by atoms with E-state index in [2.05, 4.69) is 15.3 Å². The summed E-state index contributed by atoms with van der Waals surface area (Å²) < 4.78 is 5.80. The number of ether oxygens (including phenoxy) is 1. The van der Waals surface area contributed by atoms with Crippen LogP contribution >= 0.6 is 0 Å². The standard InChI is InChI=1S/C18H19N3O2/c22-18(15-9-14(15)12-3-1-6-19-10-12)21-16-5-8-23-17(16)13-4-2-7-20-11-13/h1-4,6-7,10-11,14-17H,5,8-9H2,(H,21,22)/t14?,15?,16-,17+/m0/s1. The molecule has 118 valence electrons. The summed E-state index contributed by atoms with van der Waals surface area (Å²) in [4.78, 5) is 20.8. The summed E-state index contributed by atoms with van der Waals surface area (Å²) >= 11 is 0. The first-order chi connectivity index (χ1) is 11.3. The number of carbonyl (C=O) groups excluding carboxylic acids is 1. The highest BCUT2D eigenvalue weighted by Crippen LogP contribution is 2.47. The molecule has 2 unspecified atom stereocenters. The fraction of sp³-hybridized carbons (Fsp3) is 0.389. The van der Waals surface area contributed by atoms with Gasteiger partial charge >= 0.3 is 0 Å². The largest absolute Gasteiger partial charge is 0.371 e.